The summed E-state index contributed by atoms with van der Waals surface area (Å²) in [5, 5.41) is 0. The Hall–Kier alpha value is -1.36. The molecule has 0 aliphatic heterocycles. The van der Waals surface area contributed by atoms with Gasteiger partial charge >= 0.3 is 5.69 Å². The molecular formula is C8H13N3O2. The molecule has 0 radical (unpaired) electrons. The van der Waals surface area contributed by atoms with Crippen LogP contribution in [-0.4, -0.2) is 16.5 Å². The van der Waals surface area contributed by atoms with E-state index in [2.05, 4.69) is 9.97 Å². The van der Waals surface area contributed by atoms with E-state index in [1.807, 2.05) is 0 Å². The van der Waals surface area contributed by atoms with Crippen molar-refractivity contribution in [3.8, 4) is 0 Å². The summed E-state index contributed by atoms with van der Waals surface area (Å²) < 4.78 is 0. The van der Waals surface area contributed by atoms with E-state index in [1.165, 1.54) is 0 Å². The second-order valence-electron chi connectivity index (χ2n) is 2.90. The van der Waals surface area contributed by atoms with Crippen LogP contribution >= 0.6 is 0 Å². The Morgan fingerprint density at radius 1 is 1.31 bits per heavy atom. The number of nitrogens with two attached hydrogens (primary N) is 1. The zero-order valence-corrected chi connectivity index (χ0v) is 7.52. The van der Waals surface area contributed by atoms with Gasteiger partial charge < -0.3 is 10.7 Å². The first-order valence-electron chi connectivity index (χ1n) is 4.17. The monoisotopic (exact) mass is 183 g/mol. The lowest BCUT2D eigenvalue weighted by atomic mass is 10.1. The van der Waals surface area contributed by atoms with Gasteiger partial charge in [-0.2, -0.15) is 0 Å². The number of hydrogen-bond acceptors (Lipinski definition) is 3. The molecule has 13 heavy (non-hydrogen) atoms. The number of aromatic amines is 2. The Balaban J connectivity index is 3.07. The number of aryl methyl sites for hydroxylation is 1. The molecule has 0 saturated heterocycles. The van der Waals surface area contributed by atoms with Crippen molar-refractivity contribution in [3.63, 3.8) is 0 Å². The summed E-state index contributed by atoms with van der Waals surface area (Å²) in [7, 11) is 0. The fourth-order valence-corrected chi connectivity index (χ4v) is 1.21. The third kappa shape index (κ3) is 2.29. The first kappa shape index (κ1) is 9.73. The fraction of sp³-hybridized carbons (Fsp3) is 0.500. The summed E-state index contributed by atoms with van der Waals surface area (Å²) in [5.41, 5.74) is 5.80. The third-order valence-electron chi connectivity index (χ3n) is 1.89. The largest absolute Gasteiger partial charge is 0.330 e. The highest BCUT2D eigenvalue weighted by atomic mass is 16.2. The summed E-state index contributed by atoms with van der Waals surface area (Å²) in [5.74, 6) is 0. The molecule has 1 aromatic rings. The van der Waals surface area contributed by atoms with Crippen molar-refractivity contribution in [1.29, 1.82) is 0 Å². The van der Waals surface area contributed by atoms with Gasteiger partial charge in [0.2, 0.25) is 0 Å². The van der Waals surface area contributed by atoms with Gasteiger partial charge in [-0.3, -0.25) is 9.78 Å². The molecule has 0 spiro atoms. The lowest BCUT2D eigenvalue weighted by Gasteiger charge is -2.01. The lowest BCUT2D eigenvalue weighted by molar-refractivity contribution is 0.798. The van der Waals surface area contributed by atoms with Crippen molar-refractivity contribution < 1.29 is 0 Å². The predicted octanol–water partition coefficient (Wildman–Crippen LogP) is -0.737. The van der Waals surface area contributed by atoms with Gasteiger partial charge in [0.15, 0.2) is 0 Å². The Labute approximate surface area is 75.0 Å². The molecule has 5 nitrogen and oxygen atoms in total. The average molecular weight is 183 g/mol. The van der Waals surface area contributed by atoms with E-state index < -0.39 is 5.69 Å². The van der Waals surface area contributed by atoms with E-state index in [1.54, 1.807) is 6.92 Å². The van der Waals surface area contributed by atoms with Crippen molar-refractivity contribution in [2.24, 2.45) is 5.73 Å². The maximum absolute atomic E-state index is 11.3. The average Bonchev–Trinajstić information content (AvgIpc) is 2.02. The molecule has 0 bridgehead atoms. The molecule has 0 atom stereocenters. The molecule has 1 heterocycles. The van der Waals surface area contributed by atoms with Gasteiger partial charge in [-0.15, -0.1) is 0 Å². The number of rotatable bonds is 3. The van der Waals surface area contributed by atoms with Gasteiger partial charge in [-0.05, 0) is 26.3 Å². The van der Waals surface area contributed by atoms with Gasteiger partial charge in [0, 0.05) is 11.3 Å². The summed E-state index contributed by atoms with van der Waals surface area (Å²) >= 11 is 0. The van der Waals surface area contributed by atoms with Gasteiger partial charge in [0.05, 0.1) is 0 Å². The molecule has 1 aromatic heterocycles. The molecule has 0 aliphatic carbocycles. The van der Waals surface area contributed by atoms with Crippen LogP contribution in [0.5, 0.6) is 0 Å². The summed E-state index contributed by atoms with van der Waals surface area (Å²) in [6, 6.07) is 0. The highest BCUT2D eigenvalue weighted by molar-refractivity contribution is 5.14. The van der Waals surface area contributed by atoms with Crippen molar-refractivity contribution in [1.82, 2.24) is 9.97 Å². The second kappa shape index (κ2) is 4.04. The first-order chi connectivity index (χ1) is 6.15. The van der Waals surface area contributed by atoms with Crippen LogP contribution in [0.4, 0.5) is 0 Å². The third-order valence-corrected chi connectivity index (χ3v) is 1.89. The maximum Gasteiger partial charge on any atom is 0.325 e. The summed E-state index contributed by atoms with van der Waals surface area (Å²) in [6.07, 6.45) is 1.35. The molecule has 0 aliphatic rings. The first-order valence-corrected chi connectivity index (χ1v) is 4.17. The standard InChI is InChI=1S/C8H13N3O2/c1-5-6(3-2-4-9)7(12)11-8(13)10-5/h2-4,9H2,1H3,(H2,10,11,12,13). The van der Waals surface area contributed by atoms with Gasteiger partial charge in [0.1, 0.15) is 0 Å². The van der Waals surface area contributed by atoms with Gasteiger partial charge in [-0.25, -0.2) is 4.79 Å². The highest BCUT2D eigenvalue weighted by Crippen LogP contribution is 1.97. The van der Waals surface area contributed by atoms with Crippen molar-refractivity contribution in [2.75, 3.05) is 6.54 Å². The molecule has 0 amide bonds. The van der Waals surface area contributed by atoms with E-state index in [0.717, 1.165) is 6.42 Å². The minimum absolute atomic E-state index is 0.310. The number of hydrogen-bond donors (Lipinski definition) is 3. The number of nitrogens with one attached hydrogen (secondary N) is 2. The van der Waals surface area contributed by atoms with Crippen molar-refractivity contribution in [2.45, 2.75) is 19.8 Å². The van der Waals surface area contributed by atoms with E-state index in [0.29, 0.717) is 24.2 Å². The molecular weight excluding hydrogens is 170 g/mol. The van der Waals surface area contributed by atoms with Crippen LogP contribution in [0.15, 0.2) is 9.59 Å². The second-order valence-corrected chi connectivity index (χ2v) is 2.90. The normalized spacial score (nSPS) is 10.3. The van der Waals surface area contributed by atoms with E-state index in [9.17, 15) is 9.59 Å². The topological polar surface area (TPSA) is 91.7 Å². The van der Waals surface area contributed by atoms with Gasteiger partial charge in [0.25, 0.3) is 5.56 Å². The predicted molar refractivity (Wildman–Crippen MR) is 49.8 cm³/mol. The quantitative estimate of drug-likeness (QED) is 0.576. The molecule has 0 fully saturated rings. The zero-order valence-electron chi connectivity index (χ0n) is 7.52. The highest BCUT2D eigenvalue weighted by Gasteiger charge is 2.03. The zero-order chi connectivity index (χ0) is 9.84. The smallest absolute Gasteiger partial charge is 0.325 e. The molecule has 72 valence electrons. The Morgan fingerprint density at radius 2 is 2.00 bits per heavy atom. The van der Waals surface area contributed by atoms with Crippen molar-refractivity contribution >= 4 is 0 Å². The fourth-order valence-electron chi connectivity index (χ4n) is 1.21. The lowest BCUT2D eigenvalue weighted by Crippen LogP contribution is -2.27. The minimum Gasteiger partial charge on any atom is -0.330 e. The summed E-state index contributed by atoms with van der Waals surface area (Å²) in [6.45, 7) is 2.25. The Morgan fingerprint density at radius 3 is 2.54 bits per heavy atom. The van der Waals surface area contributed by atoms with Crippen LogP contribution in [0.3, 0.4) is 0 Å². The Kier molecular flexibility index (Phi) is 3.02. The SMILES string of the molecule is Cc1[nH]c(=O)[nH]c(=O)c1CCCN. The van der Waals surface area contributed by atoms with Crippen LogP contribution in [0, 0.1) is 6.92 Å². The minimum atomic E-state index is -0.459. The molecule has 0 saturated carbocycles. The maximum atomic E-state index is 11.3. The number of aromatic nitrogens is 2. The van der Waals surface area contributed by atoms with Crippen LogP contribution in [0.25, 0.3) is 0 Å². The van der Waals surface area contributed by atoms with Crippen LogP contribution in [0.2, 0.25) is 0 Å². The molecule has 0 unspecified atom stereocenters. The van der Waals surface area contributed by atoms with Crippen molar-refractivity contribution in [3.05, 3.63) is 32.1 Å². The van der Waals surface area contributed by atoms with Crippen LogP contribution in [0.1, 0.15) is 17.7 Å². The summed E-state index contributed by atoms with van der Waals surface area (Å²) in [4.78, 5) is 26.8. The molecule has 0 aromatic carbocycles. The van der Waals surface area contributed by atoms with Crippen LogP contribution in [-0.2, 0) is 6.42 Å². The molecule has 1 rings (SSSR count). The van der Waals surface area contributed by atoms with Gasteiger partial charge in [-0.1, -0.05) is 0 Å². The van der Waals surface area contributed by atoms with E-state index in [-0.39, 0.29) is 5.56 Å². The Bertz CT molecular complexity index is 391. The van der Waals surface area contributed by atoms with E-state index in [4.69, 9.17) is 5.73 Å². The van der Waals surface area contributed by atoms with E-state index >= 15 is 0 Å². The van der Waals surface area contributed by atoms with Crippen LogP contribution < -0.4 is 17.0 Å². The number of H-pyrrole nitrogens is 2. The molecule has 5 heteroatoms. The molecule has 4 N–H and O–H groups in total.